The van der Waals surface area contributed by atoms with Gasteiger partial charge in [-0.15, -0.1) is 0 Å². The number of aromatic nitrogens is 1. The van der Waals surface area contributed by atoms with Crippen molar-refractivity contribution >= 4 is 23.6 Å². The van der Waals surface area contributed by atoms with Crippen molar-refractivity contribution in [3.63, 3.8) is 0 Å². The Balaban J connectivity index is 1.59. The first-order valence-corrected chi connectivity index (χ1v) is 15.2. The largest absolute Gasteiger partial charge is 0.480 e. The number of thioether (sulfide) groups is 1. The van der Waals surface area contributed by atoms with Gasteiger partial charge in [-0.1, -0.05) is 48.5 Å². The molecule has 1 aromatic heterocycles. The van der Waals surface area contributed by atoms with Crippen LogP contribution in [0.1, 0.15) is 46.7 Å². The van der Waals surface area contributed by atoms with Gasteiger partial charge >= 0.3 is 5.97 Å². The fourth-order valence-electron chi connectivity index (χ4n) is 4.49. The molecule has 0 saturated carbocycles. The summed E-state index contributed by atoms with van der Waals surface area (Å²) in [6, 6.07) is 21.9. The number of carbonyl (C=O) groups is 2. The van der Waals surface area contributed by atoms with Crippen LogP contribution in [0.25, 0.3) is 22.6 Å². The number of rotatable bonds is 15. The smallest absolute Gasteiger partial charge is 0.326 e. The Morgan fingerprint density at radius 3 is 2.52 bits per heavy atom. The summed E-state index contributed by atoms with van der Waals surface area (Å²) in [6.45, 7) is 4.93. The number of carboxylic acids is 1. The van der Waals surface area contributed by atoms with Crippen molar-refractivity contribution in [3.8, 4) is 22.6 Å². The molecule has 4 rings (SSSR count). The van der Waals surface area contributed by atoms with Crippen molar-refractivity contribution in [2.45, 2.75) is 39.0 Å². The van der Waals surface area contributed by atoms with E-state index in [2.05, 4.69) is 10.3 Å². The molecule has 2 atom stereocenters. The number of oxazole rings is 1. The molecular weight excluding hydrogens is 552 g/mol. The van der Waals surface area contributed by atoms with Crippen molar-refractivity contribution in [3.05, 3.63) is 101 Å². The first kappa shape index (κ1) is 31.0. The number of benzene rings is 3. The number of hydrogen-bond donors (Lipinski definition) is 2. The zero-order valence-corrected chi connectivity index (χ0v) is 24.9. The van der Waals surface area contributed by atoms with E-state index in [1.807, 2.05) is 86.8 Å². The second-order valence-electron chi connectivity index (χ2n) is 9.73. The Morgan fingerprint density at radius 1 is 1.05 bits per heavy atom. The lowest BCUT2D eigenvalue weighted by atomic mass is 9.93. The van der Waals surface area contributed by atoms with Crippen molar-refractivity contribution in [1.29, 1.82) is 0 Å². The first-order chi connectivity index (χ1) is 20.4. The second-order valence-corrected chi connectivity index (χ2v) is 10.7. The van der Waals surface area contributed by atoms with Gasteiger partial charge in [0.15, 0.2) is 5.76 Å². The van der Waals surface area contributed by atoms with E-state index in [4.69, 9.17) is 13.9 Å². The Kier molecular flexibility index (Phi) is 11.3. The Labute approximate surface area is 250 Å². The standard InChI is InChI=1S/C33H36N2O6S/c1-4-39-21-30(29-19-34-32(41-29)24-11-6-5-7-12-24)40-20-23-14-15-26(27(18-23)25-13-9-8-10-22(25)2)31(36)35-28(33(37)38)16-17-42-3/h5-15,18-19,28,30H,4,16-17,20-21H2,1-3H3,(H,35,36)(H,37,38)/t28-,30+/m0/s1. The zero-order valence-electron chi connectivity index (χ0n) is 24.0. The summed E-state index contributed by atoms with van der Waals surface area (Å²) in [7, 11) is 0. The van der Waals surface area contributed by atoms with Crippen LogP contribution in [0.5, 0.6) is 0 Å². The lowest BCUT2D eigenvalue weighted by Crippen LogP contribution is -2.41. The number of carboxylic acid groups (broad SMARTS) is 1. The van der Waals surface area contributed by atoms with Gasteiger partial charge < -0.3 is 24.3 Å². The number of amides is 1. The molecule has 0 saturated heterocycles. The Bertz CT molecular complexity index is 1470. The van der Waals surface area contributed by atoms with Crippen molar-refractivity contribution in [1.82, 2.24) is 10.3 Å². The molecule has 42 heavy (non-hydrogen) atoms. The van der Waals surface area contributed by atoms with Gasteiger partial charge in [-0.05, 0) is 78.8 Å². The minimum Gasteiger partial charge on any atom is -0.480 e. The highest BCUT2D eigenvalue weighted by Gasteiger charge is 2.24. The maximum atomic E-state index is 13.4. The maximum absolute atomic E-state index is 13.4. The molecule has 0 aliphatic heterocycles. The molecule has 2 N–H and O–H groups in total. The third kappa shape index (κ3) is 8.09. The SMILES string of the molecule is CCOC[C@@H](OCc1ccc(C(=O)N[C@@H](CCSC)C(=O)O)c(-c2ccccc2C)c1)c1cnc(-c2ccccc2)o1. The average Bonchev–Trinajstić information content (AvgIpc) is 3.50. The van der Waals surface area contributed by atoms with Crippen molar-refractivity contribution in [2.75, 3.05) is 25.2 Å². The number of hydrogen-bond acceptors (Lipinski definition) is 7. The normalized spacial score (nSPS) is 12.5. The van der Waals surface area contributed by atoms with Gasteiger partial charge in [0, 0.05) is 17.7 Å². The van der Waals surface area contributed by atoms with Crippen LogP contribution < -0.4 is 5.32 Å². The number of nitrogens with zero attached hydrogens (tertiary/aromatic N) is 1. The molecule has 0 spiro atoms. The average molecular weight is 589 g/mol. The first-order valence-electron chi connectivity index (χ1n) is 13.8. The predicted octanol–water partition coefficient (Wildman–Crippen LogP) is 6.55. The lowest BCUT2D eigenvalue weighted by Gasteiger charge is -2.19. The number of aliphatic carboxylic acids is 1. The third-order valence-corrected chi connectivity index (χ3v) is 7.41. The predicted molar refractivity (Wildman–Crippen MR) is 164 cm³/mol. The van der Waals surface area contributed by atoms with Gasteiger partial charge in [0.25, 0.3) is 5.91 Å². The fraction of sp³-hybridized carbons (Fsp3) is 0.303. The molecule has 0 aliphatic carbocycles. The minimum absolute atomic E-state index is 0.228. The van der Waals surface area contributed by atoms with Crippen LogP contribution in [0.3, 0.4) is 0 Å². The van der Waals surface area contributed by atoms with Crippen LogP contribution in [0, 0.1) is 6.92 Å². The summed E-state index contributed by atoms with van der Waals surface area (Å²) in [4.78, 5) is 29.6. The van der Waals surface area contributed by atoms with E-state index in [1.165, 1.54) is 11.8 Å². The lowest BCUT2D eigenvalue weighted by molar-refractivity contribution is -0.139. The summed E-state index contributed by atoms with van der Waals surface area (Å²) in [6.07, 6.45) is 3.41. The molecule has 0 bridgehead atoms. The monoisotopic (exact) mass is 588 g/mol. The van der Waals surface area contributed by atoms with Crippen molar-refractivity contribution in [2.24, 2.45) is 0 Å². The number of nitrogens with one attached hydrogen (secondary N) is 1. The highest BCUT2D eigenvalue weighted by molar-refractivity contribution is 7.98. The van der Waals surface area contributed by atoms with Gasteiger partial charge in [-0.2, -0.15) is 11.8 Å². The van der Waals surface area contributed by atoms with E-state index in [1.54, 1.807) is 12.3 Å². The van der Waals surface area contributed by atoms with E-state index in [9.17, 15) is 14.7 Å². The molecule has 1 heterocycles. The van der Waals surface area contributed by atoms with Gasteiger partial charge in [0.1, 0.15) is 12.1 Å². The van der Waals surface area contributed by atoms with Crippen LogP contribution in [-0.4, -0.2) is 53.2 Å². The molecule has 0 aliphatic rings. The van der Waals surface area contributed by atoms with Gasteiger partial charge in [0.2, 0.25) is 5.89 Å². The minimum atomic E-state index is -1.05. The Hall–Kier alpha value is -3.92. The van der Waals surface area contributed by atoms with E-state index in [0.29, 0.717) is 41.6 Å². The van der Waals surface area contributed by atoms with Gasteiger partial charge in [-0.25, -0.2) is 9.78 Å². The van der Waals surface area contributed by atoms with Crippen LogP contribution >= 0.6 is 11.8 Å². The van der Waals surface area contributed by atoms with Crippen LogP contribution in [0.15, 0.2) is 83.4 Å². The van der Waals surface area contributed by atoms with Crippen LogP contribution in [0.4, 0.5) is 0 Å². The van der Waals surface area contributed by atoms with Crippen LogP contribution in [0.2, 0.25) is 0 Å². The molecule has 0 radical (unpaired) electrons. The van der Waals surface area contributed by atoms with Gasteiger partial charge in [-0.3, -0.25) is 4.79 Å². The second kappa shape index (κ2) is 15.3. The number of ether oxygens (including phenoxy) is 2. The summed E-state index contributed by atoms with van der Waals surface area (Å²) in [5.74, 6) is 0.202. The van der Waals surface area contributed by atoms with E-state index in [0.717, 1.165) is 22.3 Å². The topological polar surface area (TPSA) is 111 Å². The molecule has 220 valence electrons. The number of carbonyl (C=O) groups excluding carboxylic acids is 1. The molecule has 4 aromatic rings. The summed E-state index contributed by atoms with van der Waals surface area (Å²) < 4.78 is 18.0. The maximum Gasteiger partial charge on any atom is 0.326 e. The molecule has 1 amide bonds. The summed E-state index contributed by atoms with van der Waals surface area (Å²) in [5.41, 5.74) is 4.69. The third-order valence-electron chi connectivity index (χ3n) is 6.76. The number of aryl methyl sites for hydroxylation is 1. The molecule has 0 unspecified atom stereocenters. The molecule has 9 heteroatoms. The summed E-state index contributed by atoms with van der Waals surface area (Å²) in [5, 5.41) is 12.4. The quantitative estimate of drug-likeness (QED) is 0.161. The highest BCUT2D eigenvalue weighted by Crippen LogP contribution is 2.30. The van der Waals surface area contributed by atoms with Crippen molar-refractivity contribution < 1.29 is 28.6 Å². The van der Waals surface area contributed by atoms with Crippen LogP contribution in [-0.2, 0) is 20.9 Å². The summed E-state index contributed by atoms with van der Waals surface area (Å²) >= 11 is 1.54. The molecule has 3 aromatic carbocycles. The highest BCUT2D eigenvalue weighted by atomic mass is 32.2. The van der Waals surface area contributed by atoms with E-state index >= 15 is 0 Å². The molecule has 8 nitrogen and oxygen atoms in total. The van der Waals surface area contributed by atoms with E-state index < -0.39 is 24.0 Å². The van der Waals surface area contributed by atoms with Gasteiger partial charge in [0.05, 0.1) is 19.4 Å². The molecular formula is C33H36N2O6S. The zero-order chi connectivity index (χ0) is 29.9. The Morgan fingerprint density at radius 2 is 1.81 bits per heavy atom. The molecule has 0 fully saturated rings. The van der Waals surface area contributed by atoms with E-state index in [-0.39, 0.29) is 13.2 Å². The fourth-order valence-corrected chi connectivity index (χ4v) is 4.96.